The van der Waals surface area contributed by atoms with Gasteiger partial charge in [0.1, 0.15) is 5.75 Å². The topological polar surface area (TPSA) is 21.3 Å². The summed E-state index contributed by atoms with van der Waals surface area (Å²) in [7, 11) is 0. The van der Waals surface area contributed by atoms with Crippen LogP contribution < -0.4 is 10.1 Å². The zero-order valence-corrected chi connectivity index (χ0v) is 13.2. The summed E-state index contributed by atoms with van der Waals surface area (Å²) in [6, 6.07) is 5.19. The molecule has 0 aromatic heterocycles. The molecule has 2 nitrogen and oxygen atoms in total. The van der Waals surface area contributed by atoms with E-state index in [1.807, 2.05) is 20.8 Å². The predicted octanol–water partition coefficient (Wildman–Crippen LogP) is 4.95. The Bertz CT molecular complexity index is 455. The van der Waals surface area contributed by atoms with E-state index < -0.39 is 12.6 Å². The summed E-state index contributed by atoms with van der Waals surface area (Å²) >= 11 is 6.14. The molecule has 0 aliphatic carbocycles. The molecule has 1 aromatic carbocycles. The lowest BCUT2D eigenvalue weighted by molar-refractivity contribution is -0.136. The minimum absolute atomic E-state index is 0.0162. The molecule has 0 aliphatic heterocycles. The maximum Gasteiger partial charge on any atom is 0.389 e. The Kier molecular flexibility index (Phi) is 6.35. The monoisotopic (exact) mass is 323 g/mol. The van der Waals surface area contributed by atoms with Crippen molar-refractivity contribution in [3.05, 3.63) is 28.8 Å². The molecule has 0 saturated carbocycles. The van der Waals surface area contributed by atoms with Crippen LogP contribution in [0.2, 0.25) is 5.02 Å². The van der Waals surface area contributed by atoms with E-state index in [2.05, 4.69) is 5.32 Å². The van der Waals surface area contributed by atoms with Gasteiger partial charge in [0.05, 0.1) is 6.61 Å². The lowest BCUT2D eigenvalue weighted by Crippen LogP contribution is -2.35. The minimum Gasteiger partial charge on any atom is -0.493 e. The van der Waals surface area contributed by atoms with Gasteiger partial charge in [0.15, 0.2) is 0 Å². The Balaban J connectivity index is 2.63. The van der Waals surface area contributed by atoms with Crippen LogP contribution in [0.5, 0.6) is 5.75 Å². The number of ether oxygens (including phenoxy) is 1. The van der Waals surface area contributed by atoms with Crippen LogP contribution in [0.15, 0.2) is 18.2 Å². The second-order valence-corrected chi connectivity index (χ2v) is 6.29. The predicted molar refractivity (Wildman–Crippen MR) is 78.8 cm³/mol. The third-order valence-corrected chi connectivity index (χ3v) is 3.09. The van der Waals surface area contributed by atoms with Crippen molar-refractivity contribution in [1.82, 2.24) is 5.32 Å². The Morgan fingerprint density at radius 3 is 2.43 bits per heavy atom. The molecule has 6 heteroatoms. The maximum atomic E-state index is 12.1. The van der Waals surface area contributed by atoms with Crippen LogP contribution in [0, 0.1) is 0 Å². The van der Waals surface area contributed by atoms with Gasteiger partial charge in [-0.2, -0.15) is 13.2 Å². The summed E-state index contributed by atoms with van der Waals surface area (Å²) in [5.41, 5.74) is 0.674. The quantitative estimate of drug-likeness (QED) is 0.748. The third kappa shape index (κ3) is 7.58. The lowest BCUT2D eigenvalue weighted by atomic mass is 10.1. The first kappa shape index (κ1) is 18.1. The zero-order chi connectivity index (χ0) is 16.1. The molecular weight excluding hydrogens is 303 g/mol. The van der Waals surface area contributed by atoms with Crippen molar-refractivity contribution in [2.75, 3.05) is 6.61 Å². The second-order valence-electron chi connectivity index (χ2n) is 5.89. The fourth-order valence-electron chi connectivity index (χ4n) is 1.65. The van der Waals surface area contributed by atoms with Crippen LogP contribution in [0.1, 0.15) is 39.2 Å². The number of halogens is 4. The molecule has 1 rings (SSSR count). The van der Waals surface area contributed by atoms with E-state index in [1.165, 1.54) is 0 Å². The van der Waals surface area contributed by atoms with Crippen LogP contribution >= 0.6 is 11.6 Å². The fraction of sp³-hybridized carbons (Fsp3) is 0.600. The molecule has 0 fully saturated rings. The number of hydrogen-bond acceptors (Lipinski definition) is 2. The average molecular weight is 324 g/mol. The van der Waals surface area contributed by atoms with Gasteiger partial charge < -0.3 is 10.1 Å². The average Bonchev–Trinajstić information content (AvgIpc) is 2.31. The lowest BCUT2D eigenvalue weighted by Gasteiger charge is -2.22. The zero-order valence-electron chi connectivity index (χ0n) is 12.5. The second kappa shape index (κ2) is 7.36. The van der Waals surface area contributed by atoms with Gasteiger partial charge in [0.2, 0.25) is 0 Å². The largest absolute Gasteiger partial charge is 0.493 e. The molecule has 0 aliphatic rings. The van der Waals surface area contributed by atoms with E-state index in [9.17, 15) is 13.2 Å². The van der Waals surface area contributed by atoms with Crippen LogP contribution in [0.4, 0.5) is 13.2 Å². The van der Waals surface area contributed by atoms with Gasteiger partial charge in [-0.1, -0.05) is 17.7 Å². The molecule has 0 unspecified atom stereocenters. The summed E-state index contributed by atoms with van der Waals surface area (Å²) in [4.78, 5) is 0. The summed E-state index contributed by atoms with van der Waals surface area (Å²) < 4.78 is 41.7. The van der Waals surface area contributed by atoms with Crippen LogP contribution in [-0.4, -0.2) is 18.3 Å². The van der Waals surface area contributed by atoms with Crippen molar-refractivity contribution in [2.45, 2.75) is 51.9 Å². The van der Waals surface area contributed by atoms with Crippen LogP contribution in [0.25, 0.3) is 0 Å². The number of alkyl halides is 3. The van der Waals surface area contributed by atoms with Gasteiger partial charge in [-0.25, -0.2) is 0 Å². The van der Waals surface area contributed by atoms with Crippen molar-refractivity contribution < 1.29 is 17.9 Å². The molecule has 120 valence electrons. The number of rotatable bonds is 6. The highest BCUT2D eigenvalue weighted by Crippen LogP contribution is 2.28. The molecule has 0 spiro atoms. The summed E-state index contributed by atoms with van der Waals surface area (Å²) in [6.45, 7) is 6.58. The van der Waals surface area contributed by atoms with Crippen molar-refractivity contribution in [3.63, 3.8) is 0 Å². The van der Waals surface area contributed by atoms with E-state index in [0.717, 1.165) is 5.56 Å². The number of nitrogens with one attached hydrogen (secondary N) is 1. The number of benzene rings is 1. The Labute approximate surface area is 128 Å². The highest BCUT2D eigenvalue weighted by molar-refractivity contribution is 6.31. The molecule has 1 N–H and O–H groups in total. The molecule has 1 aromatic rings. The van der Waals surface area contributed by atoms with Gasteiger partial charge in [0.25, 0.3) is 0 Å². The first-order chi connectivity index (χ1) is 9.58. The summed E-state index contributed by atoms with van der Waals surface area (Å²) in [5, 5.41) is 3.83. The van der Waals surface area contributed by atoms with Gasteiger partial charge in [-0.3, -0.25) is 0 Å². The highest BCUT2D eigenvalue weighted by atomic mass is 35.5. The first-order valence-corrected chi connectivity index (χ1v) is 7.18. The van der Waals surface area contributed by atoms with Gasteiger partial charge >= 0.3 is 6.18 Å². The molecule has 0 radical (unpaired) electrons. The first-order valence-electron chi connectivity index (χ1n) is 6.80. The normalized spacial score (nSPS) is 12.5. The highest BCUT2D eigenvalue weighted by Gasteiger charge is 2.26. The minimum atomic E-state index is -4.14. The van der Waals surface area contributed by atoms with Gasteiger partial charge in [-0.05, 0) is 39.3 Å². The summed E-state index contributed by atoms with van der Waals surface area (Å²) in [6.07, 6.45) is -5.06. The van der Waals surface area contributed by atoms with Crippen molar-refractivity contribution in [1.29, 1.82) is 0 Å². The molecule has 0 bridgehead atoms. The number of hydrogen-bond donors (Lipinski definition) is 1. The van der Waals surface area contributed by atoms with E-state index in [4.69, 9.17) is 16.3 Å². The van der Waals surface area contributed by atoms with Crippen molar-refractivity contribution in [3.8, 4) is 5.75 Å². The Morgan fingerprint density at radius 1 is 1.19 bits per heavy atom. The van der Waals surface area contributed by atoms with Gasteiger partial charge in [-0.15, -0.1) is 0 Å². The van der Waals surface area contributed by atoms with Gasteiger partial charge in [0, 0.05) is 29.1 Å². The molecule has 0 heterocycles. The van der Waals surface area contributed by atoms with E-state index in [-0.39, 0.29) is 18.6 Å². The Morgan fingerprint density at radius 2 is 1.86 bits per heavy atom. The smallest absolute Gasteiger partial charge is 0.389 e. The van der Waals surface area contributed by atoms with Crippen molar-refractivity contribution >= 4 is 11.6 Å². The molecular formula is C15H21ClF3NO. The van der Waals surface area contributed by atoms with E-state index in [1.54, 1.807) is 18.2 Å². The summed E-state index contributed by atoms with van der Waals surface area (Å²) in [5.74, 6) is 0.529. The fourth-order valence-corrected chi connectivity index (χ4v) is 1.89. The molecule has 0 amide bonds. The molecule has 21 heavy (non-hydrogen) atoms. The molecule has 0 saturated heterocycles. The standard InChI is InChI=1S/C15H21ClF3NO/c1-14(2,3)20-10-11-12(16)6-4-7-13(11)21-9-5-8-15(17,18)19/h4,6-7,20H,5,8-10H2,1-3H3. The van der Waals surface area contributed by atoms with E-state index >= 15 is 0 Å². The third-order valence-electron chi connectivity index (χ3n) is 2.73. The van der Waals surface area contributed by atoms with E-state index in [0.29, 0.717) is 17.3 Å². The maximum absolute atomic E-state index is 12.1. The van der Waals surface area contributed by atoms with Crippen LogP contribution in [0.3, 0.4) is 0 Å². The van der Waals surface area contributed by atoms with Crippen LogP contribution in [-0.2, 0) is 6.54 Å². The SMILES string of the molecule is CC(C)(C)NCc1c(Cl)cccc1OCCCC(F)(F)F. The Hall–Kier alpha value is -0.940. The van der Waals surface area contributed by atoms with Crippen molar-refractivity contribution in [2.24, 2.45) is 0 Å². The molecule has 0 atom stereocenters.